The summed E-state index contributed by atoms with van der Waals surface area (Å²) in [5.41, 5.74) is 1.47. The van der Waals surface area contributed by atoms with Crippen LogP contribution in [0, 0.1) is 5.82 Å². The van der Waals surface area contributed by atoms with Crippen LogP contribution in [0.25, 0.3) is 0 Å². The first-order valence-corrected chi connectivity index (χ1v) is 7.09. The van der Waals surface area contributed by atoms with Gasteiger partial charge in [-0.3, -0.25) is 4.79 Å². The molecular weight excluding hydrogens is 291 g/mol. The molecule has 2 aromatic rings. The molecule has 0 radical (unpaired) electrons. The molecule has 110 valence electrons. The van der Waals surface area contributed by atoms with Gasteiger partial charge in [-0.25, -0.2) is 4.39 Å². The van der Waals surface area contributed by atoms with Gasteiger partial charge in [0.1, 0.15) is 0 Å². The SMILES string of the molecule is CCCNc1ccc(C(=O)Nc2cccc(Cl)c2F)cc1. The molecule has 0 aliphatic heterocycles. The third-order valence-corrected chi connectivity index (χ3v) is 3.22. The first-order chi connectivity index (χ1) is 10.1. The average Bonchev–Trinajstić information content (AvgIpc) is 2.50. The predicted molar refractivity (Wildman–Crippen MR) is 84.6 cm³/mol. The molecule has 0 heterocycles. The summed E-state index contributed by atoms with van der Waals surface area (Å²) in [4.78, 5) is 12.1. The van der Waals surface area contributed by atoms with Gasteiger partial charge in [-0.05, 0) is 42.8 Å². The van der Waals surface area contributed by atoms with Crippen molar-refractivity contribution in [1.82, 2.24) is 0 Å². The number of carbonyl (C=O) groups is 1. The van der Waals surface area contributed by atoms with E-state index < -0.39 is 5.82 Å². The lowest BCUT2D eigenvalue weighted by atomic mass is 10.2. The standard InChI is InChI=1S/C16H16ClFN2O/c1-2-10-19-12-8-6-11(7-9-12)16(21)20-14-5-3-4-13(17)15(14)18/h3-9,19H,2,10H2,1H3,(H,20,21). The molecule has 0 atom stereocenters. The zero-order valence-electron chi connectivity index (χ0n) is 11.6. The minimum atomic E-state index is -0.631. The summed E-state index contributed by atoms with van der Waals surface area (Å²) < 4.78 is 13.7. The van der Waals surface area contributed by atoms with Gasteiger partial charge in [0.05, 0.1) is 10.7 Å². The highest BCUT2D eigenvalue weighted by atomic mass is 35.5. The molecule has 0 spiro atoms. The lowest BCUT2D eigenvalue weighted by molar-refractivity contribution is 0.102. The highest BCUT2D eigenvalue weighted by molar-refractivity contribution is 6.31. The molecule has 0 unspecified atom stereocenters. The molecule has 2 rings (SSSR count). The van der Waals surface area contributed by atoms with Crippen LogP contribution in [0.3, 0.4) is 0 Å². The van der Waals surface area contributed by atoms with Crippen molar-refractivity contribution in [2.24, 2.45) is 0 Å². The number of halogens is 2. The van der Waals surface area contributed by atoms with E-state index >= 15 is 0 Å². The van der Waals surface area contributed by atoms with E-state index in [1.807, 2.05) is 12.1 Å². The number of amides is 1. The predicted octanol–water partition coefficient (Wildman–Crippen LogP) is 4.55. The van der Waals surface area contributed by atoms with Gasteiger partial charge >= 0.3 is 0 Å². The van der Waals surface area contributed by atoms with Crippen molar-refractivity contribution in [2.75, 3.05) is 17.2 Å². The summed E-state index contributed by atoms with van der Waals surface area (Å²) in [5.74, 6) is -1.01. The highest BCUT2D eigenvalue weighted by Crippen LogP contribution is 2.22. The van der Waals surface area contributed by atoms with Crippen LogP contribution in [0.15, 0.2) is 42.5 Å². The molecule has 5 heteroatoms. The molecule has 0 fully saturated rings. The Morgan fingerprint density at radius 2 is 1.90 bits per heavy atom. The molecule has 0 aliphatic carbocycles. The summed E-state index contributed by atoms with van der Waals surface area (Å²) in [6.07, 6.45) is 1.02. The Morgan fingerprint density at radius 3 is 2.57 bits per heavy atom. The number of carbonyl (C=O) groups excluding carboxylic acids is 1. The van der Waals surface area contributed by atoms with E-state index in [1.165, 1.54) is 12.1 Å². The number of hydrogen-bond acceptors (Lipinski definition) is 2. The second-order valence-corrected chi connectivity index (χ2v) is 4.97. The normalized spacial score (nSPS) is 10.2. The molecule has 0 bridgehead atoms. The zero-order valence-corrected chi connectivity index (χ0v) is 12.4. The largest absolute Gasteiger partial charge is 0.385 e. The van der Waals surface area contributed by atoms with E-state index in [1.54, 1.807) is 18.2 Å². The van der Waals surface area contributed by atoms with Crippen molar-refractivity contribution in [3.8, 4) is 0 Å². The molecule has 1 amide bonds. The number of anilines is 2. The number of nitrogens with one attached hydrogen (secondary N) is 2. The lowest BCUT2D eigenvalue weighted by Crippen LogP contribution is -2.13. The van der Waals surface area contributed by atoms with Crippen LogP contribution in [0.4, 0.5) is 15.8 Å². The van der Waals surface area contributed by atoms with Crippen LogP contribution in [0.5, 0.6) is 0 Å². The van der Waals surface area contributed by atoms with Crippen molar-refractivity contribution in [1.29, 1.82) is 0 Å². The molecule has 0 aliphatic rings. The molecule has 21 heavy (non-hydrogen) atoms. The summed E-state index contributed by atoms with van der Waals surface area (Å²) in [5, 5.41) is 5.71. The van der Waals surface area contributed by atoms with E-state index in [2.05, 4.69) is 17.6 Å². The molecule has 0 saturated heterocycles. The van der Waals surface area contributed by atoms with Crippen molar-refractivity contribution >= 4 is 28.9 Å². The maximum atomic E-state index is 13.7. The fourth-order valence-corrected chi connectivity index (χ4v) is 1.98. The van der Waals surface area contributed by atoms with Gasteiger partial charge in [-0.1, -0.05) is 24.6 Å². The van der Waals surface area contributed by atoms with Gasteiger partial charge in [0, 0.05) is 17.8 Å². The van der Waals surface area contributed by atoms with Gasteiger partial charge < -0.3 is 10.6 Å². The van der Waals surface area contributed by atoms with E-state index in [0.29, 0.717) is 5.56 Å². The van der Waals surface area contributed by atoms with E-state index in [0.717, 1.165) is 18.7 Å². The van der Waals surface area contributed by atoms with Crippen molar-refractivity contribution in [3.63, 3.8) is 0 Å². The maximum Gasteiger partial charge on any atom is 0.255 e. The van der Waals surface area contributed by atoms with E-state index in [9.17, 15) is 9.18 Å². The van der Waals surface area contributed by atoms with Gasteiger partial charge in [0.15, 0.2) is 5.82 Å². The Balaban J connectivity index is 2.08. The number of rotatable bonds is 5. The van der Waals surface area contributed by atoms with Crippen LogP contribution in [-0.2, 0) is 0 Å². The second kappa shape index (κ2) is 7.09. The fraction of sp³-hybridized carbons (Fsp3) is 0.188. The van der Waals surface area contributed by atoms with Crippen molar-refractivity contribution in [3.05, 3.63) is 58.9 Å². The van der Waals surface area contributed by atoms with Crippen LogP contribution >= 0.6 is 11.6 Å². The molecule has 0 aromatic heterocycles. The maximum absolute atomic E-state index is 13.7. The Labute approximate surface area is 128 Å². The Hall–Kier alpha value is -2.07. The molecule has 3 nitrogen and oxygen atoms in total. The minimum absolute atomic E-state index is 0.0214. The smallest absolute Gasteiger partial charge is 0.255 e. The van der Waals surface area contributed by atoms with Gasteiger partial charge in [-0.2, -0.15) is 0 Å². The zero-order chi connectivity index (χ0) is 15.2. The van der Waals surface area contributed by atoms with Gasteiger partial charge in [-0.15, -0.1) is 0 Å². The minimum Gasteiger partial charge on any atom is -0.385 e. The van der Waals surface area contributed by atoms with E-state index in [4.69, 9.17) is 11.6 Å². The average molecular weight is 307 g/mol. The van der Waals surface area contributed by atoms with Crippen LogP contribution in [-0.4, -0.2) is 12.5 Å². The first kappa shape index (κ1) is 15.3. The Bertz CT molecular complexity index is 629. The first-order valence-electron chi connectivity index (χ1n) is 6.71. The van der Waals surface area contributed by atoms with Gasteiger partial charge in [0.2, 0.25) is 0 Å². The summed E-state index contributed by atoms with van der Waals surface area (Å²) in [6.45, 7) is 2.95. The van der Waals surface area contributed by atoms with E-state index in [-0.39, 0.29) is 16.6 Å². The van der Waals surface area contributed by atoms with Crippen LogP contribution < -0.4 is 10.6 Å². The monoisotopic (exact) mass is 306 g/mol. The highest BCUT2D eigenvalue weighted by Gasteiger charge is 2.11. The number of benzene rings is 2. The fourth-order valence-electron chi connectivity index (χ4n) is 1.80. The van der Waals surface area contributed by atoms with Crippen LogP contribution in [0.2, 0.25) is 5.02 Å². The van der Waals surface area contributed by atoms with Gasteiger partial charge in [0.25, 0.3) is 5.91 Å². The molecular formula is C16H16ClFN2O. The second-order valence-electron chi connectivity index (χ2n) is 4.56. The molecule has 2 aromatic carbocycles. The third kappa shape index (κ3) is 3.95. The Morgan fingerprint density at radius 1 is 1.19 bits per heavy atom. The summed E-state index contributed by atoms with van der Waals surface area (Å²) >= 11 is 5.68. The quantitative estimate of drug-likeness (QED) is 0.850. The molecule has 0 saturated carbocycles. The molecule has 2 N–H and O–H groups in total. The number of hydrogen-bond donors (Lipinski definition) is 2. The topological polar surface area (TPSA) is 41.1 Å². The van der Waals surface area contributed by atoms with Crippen LogP contribution in [0.1, 0.15) is 23.7 Å². The lowest BCUT2D eigenvalue weighted by Gasteiger charge is -2.08. The third-order valence-electron chi connectivity index (χ3n) is 2.93. The Kier molecular flexibility index (Phi) is 5.17. The summed E-state index contributed by atoms with van der Waals surface area (Å²) in [7, 11) is 0. The van der Waals surface area contributed by atoms with Crippen molar-refractivity contribution in [2.45, 2.75) is 13.3 Å². The van der Waals surface area contributed by atoms with Crippen molar-refractivity contribution < 1.29 is 9.18 Å². The summed E-state index contributed by atoms with van der Waals surface area (Å²) in [6, 6.07) is 11.5.